The molecule has 2 atom stereocenters. The molecule has 0 radical (unpaired) electrons. The van der Waals surface area contributed by atoms with Gasteiger partial charge in [-0.05, 0) is 51.7 Å². The number of anilines is 1. The number of likely N-dealkylation sites (N-methyl/N-ethyl adjacent to an activating group) is 1. The van der Waals surface area contributed by atoms with E-state index >= 15 is 0 Å². The zero-order valence-corrected chi connectivity index (χ0v) is 16.4. The highest BCUT2D eigenvalue weighted by atomic mass is 16.7. The molecule has 2 heterocycles. The summed E-state index contributed by atoms with van der Waals surface area (Å²) in [4.78, 5) is 14.4. The first-order valence-electron chi connectivity index (χ1n) is 9.12. The fraction of sp³-hybridized carbons (Fsp3) is 0.632. The first-order valence-corrected chi connectivity index (χ1v) is 9.12. The van der Waals surface area contributed by atoms with Crippen LogP contribution < -0.4 is 10.4 Å². The van der Waals surface area contributed by atoms with E-state index in [1.54, 1.807) is 6.92 Å². The lowest BCUT2D eigenvalue weighted by Gasteiger charge is -2.32. The van der Waals surface area contributed by atoms with Gasteiger partial charge >= 0.3 is 13.1 Å². The highest BCUT2D eigenvalue weighted by molar-refractivity contribution is 6.62. The molecule has 2 unspecified atom stereocenters. The van der Waals surface area contributed by atoms with Gasteiger partial charge in [0.05, 0.1) is 30.5 Å². The fourth-order valence-electron chi connectivity index (χ4n) is 3.61. The molecule has 26 heavy (non-hydrogen) atoms. The summed E-state index contributed by atoms with van der Waals surface area (Å²) < 4.78 is 17.5. The quantitative estimate of drug-likeness (QED) is 0.647. The van der Waals surface area contributed by atoms with Crippen molar-refractivity contribution in [1.82, 2.24) is 0 Å². The summed E-state index contributed by atoms with van der Waals surface area (Å²) in [6.07, 6.45) is 0. The van der Waals surface area contributed by atoms with Crippen molar-refractivity contribution in [3.63, 3.8) is 0 Å². The second kappa shape index (κ2) is 6.55. The van der Waals surface area contributed by atoms with Crippen molar-refractivity contribution in [2.45, 2.75) is 57.8 Å². The number of aliphatic hydroxyl groups is 1. The Labute approximate surface area is 155 Å². The minimum absolute atomic E-state index is 0.125. The SMILES string of the molecule is CCOC(=O)C1c2ccc(B3OC(C)(C)C(C)(C)O3)cc2N(C)C1CO. The molecule has 3 rings (SSSR count). The Morgan fingerprint density at radius 1 is 1.27 bits per heavy atom. The van der Waals surface area contributed by atoms with Gasteiger partial charge in [0.25, 0.3) is 0 Å². The molecule has 1 fully saturated rings. The van der Waals surface area contributed by atoms with Crippen molar-refractivity contribution in [3.05, 3.63) is 23.8 Å². The number of hydrogen-bond acceptors (Lipinski definition) is 6. The lowest BCUT2D eigenvalue weighted by atomic mass is 9.78. The lowest BCUT2D eigenvalue weighted by molar-refractivity contribution is -0.145. The topological polar surface area (TPSA) is 68.2 Å². The van der Waals surface area contributed by atoms with Crippen LogP contribution in [0.3, 0.4) is 0 Å². The molecule has 2 aliphatic rings. The molecule has 142 valence electrons. The molecule has 2 aliphatic heterocycles. The average molecular weight is 361 g/mol. The van der Waals surface area contributed by atoms with Gasteiger partial charge in [0, 0.05) is 12.7 Å². The number of hydrogen-bond donors (Lipinski definition) is 1. The third kappa shape index (κ3) is 2.92. The summed E-state index contributed by atoms with van der Waals surface area (Å²) in [6, 6.07) is 5.50. The maximum atomic E-state index is 12.4. The molecule has 0 aromatic heterocycles. The Balaban J connectivity index is 1.95. The van der Waals surface area contributed by atoms with Gasteiger partial charge in [0.2, 0.25) is 0 Å². The van der Waals surface area contributed by atoms with Crippen LogP contribution in [0.5, 0.6) is 0 Å². The Kier molecular flexibility index (Phi) is 4.84. The molecule has 7 heteroatoms. The number of carbonyl (C=O) groups excluding carboxylic acids is 1. The molecule has 1 aromatic carbocycles. The number of ether oxygens (including phenoxy) is 1. The zero-order valence-electron chi connectivity index (χ0n) is 16.4. The van der Waals surface area contributed by atoms with Gasteiger partial charge in [-0.2, -0.15) is 0 Å². The second-order valence-corrected chi connectivity index (χ2v) is 8.00. The van der Waals surface area contributed by atoms with Crippen LogP contribution in [0.2, 0.25) is 0 Å². The molecule has 6 nitrogen and oxygen atoms in total. The third-order valence-corrected chi connectivity index (χ3v) is 5.90. The molecule has 0 spiro atoms. The number of benzene rings is 1. The van der Waals surface area contributed by atoms with Gasteiger partial charge in [-0.25, -0.2) is 0 Å². The van der Waals surface area contributed by atoms with Crippen LogP contribution in [-0.4, -0.2) is 55.7 Å². The van der Waals surface area contributed by atoms with Crippen LogP contribution in [-0.2, 0) is 18.8 Å². The van der Waals surface area contributed by atoms with Crippen LogP contribution >= 0.6 is 0 Å². The number of esters is 1. The number of carbonyl (C=O) groups is 1. The normalized spacial score (nSPS) is 26.1. The summed E-state index contributed by atoms with van der Waals surface area (Å²) in [5, 5.41) is 9.82. The van der Waals surface area contributed by atoms with E-state index in [4.69, 9.17) is 14.0 Å². The predicted molar refractivity (Wildman–Crippen MR) is 101 cm³/mol. The van der Waals surface area contributed by atoms with Gasteiger partial charge in [0.15, 0.2) is 0 Å². The zero-order chi connectivity index (χ0) is 19.3. The summed E-state index contributed by atoms with van der Waals surface area (Å²) in [5.74, 6) is -0.798. The largest absolute Gasteiger partial charge is 0.494 e. The lowest BCUT2D eigenvalue weighted by Crippen LogP contribution is -2.41. The van der Waals surface area contributed by atoms with E-state index in [0.29, 0.717) is 6.61 Å². The standard InChI is InChI=1S/C19H28BNO5/c1-7-24-17(23)16-13-9-8-12(10-14(13)21(6)15(16)11-22)20-25-18(2,3)19(4,5)26-20/h8-10,15-16,22H,7,11H2,1-6H3. The van der Waals surface area contributed by atoms with E-state index in [2.05, 4.69) is 0 Å². The molecular formula is C19H28BNO5. The summed E-state index contributed by atoms with van der Waals surface area (Å²) >= 11 is 0. The van der Waals surface area contributed by atoms with Crippen LogP contribution in [0.1, 0.15) is 46.1 Å². The molecule has 0 saturated carbocycles. The first-order chi connectivity index (χ1) is 12.1. The van der Waals surface area contributed by atoms with E-state index in [1.165, 1.54) is 0 Å². The van der Waals surface area contributed by atoms with Crippen LogP contribution in [0.15, 0.2) is 18.2 Å². The monoisotopic (exact) mass is 361 g/mol. The van der Waals surface area contributed by atoms with Crippen molar-refractivity contribution < 1.29 is 23.9 Å². The van der Waals surface area contributed by atoms with Gasteiger partial charge in [0.1, 0.15) is 5.92 Å². The van der Waals surface area contributed by atoms with Crippen molar-refractivity contribution >= 4 is 24.2 Å². The smallest absolute Gasteiger partial charge is 0.465 e. The Hall–Kier alpha value is -1.57. The minimum atomic E-state index is -0.493. The van der Waals surface area contributed by atoms with Crippen LogP contribution in [0.25, 0.3) is 0 Å². The van der Waals surface area contributed by atoms with Gasteiger partial charge in [-0.3, -0.25) is 4.79 Å². The molecule has 1 aromatic rings. The molecule has 0 bridgehead atoms. The second-order valence-electron chi connectivity index (χ2n) is 8.00. The number of aliphatic hydroxyl groups excluding tert-OH is 1. The average Bonchev–Trinajstić information content (AvgIpc) is 2.97. The summed E-state index contributed by atoms with van der Waals surface area (Å²) in [6.45, 7) is 10.1. The van der Waals surface area contributed by atoms with Crippen molar-refractivity contribution in [1.29, 1.82) is 0 Å². The summed E-state index contributed by atoms with van der Waals surface area (Å²) in [7, 11) is 1.42. The van der Waals surface area contributed by atoms with E-state index < -0.39 is 24.2 Å². The highest BCUT2D eigenvalue weighted by Gasteiger charge is 2.52. The minimum Gasteiger partial charge on any atom is -0.465 e. The van der Waals surface area contributed by atoms with Crippen LogP contribution in [0.4, 0.5) is 5.69 Å². The maximum Gasteiger partial charge on any atom is 0.494 e. The highest BCUT2D eigenvalue weighted by Crippen LogP contribution is 2.41. The molecular weight excluding hydrogens is 333 g/mol. The molecule has 1 N–H and O–H groups in total. The fourth-order valence-corrected chi connectivity index (χ4v) is 3.61. The van der Waals surface area contributed by atoms with Crippen molar-refractivity contribution in [2.75, 3.05) is 25.2 Å². The predicted octanol–water partition coefficient (Wildman–Crippen LogP) is 1.44. The van der Waals surface area contributed by atoms with Crippen LogP contribution in [0, 0.1) is 0 Å². The maximum absolute atomic E-state index is 12.4. The van der Waals surface area contributed by atoms with Gasteiger partial charge in [-0.1, -0.05) is 12.1 Å². The molecule has 1 saturated heterocycles. The van der Waals surface area contributed by atoms with Crippen molar-refractivity contribution in [2.24, 2.45) is 0 Å². The van der Waals surface area contributed by atoms with E-state index in [9.17, 15) is 9.90 Å². The molecule has 0 amide bonds. The van der Waals surface area contributed by atoms with Gasteiger partial charge in [-0.15, -0.1) is 0 Å². The summed E-state index contributed by atoms with van der Waals surface area (Å²) in [5.41, 5.74) is 1.84. The number of nitrogens with zero attached hydrogens (tertiary/aromatic N) is 1. The Morgan fingerprint density at radius 3 is 2.42 bits per heavy atom. The van der Waals surface area contributed by atoms with Gasteiger partial charge < -0.3 is 24.1 Å². The van der Waals surface area contributed by atoms with E-state index in [0.717, 1.165) is 16.7 Å². The Morgan fingerprint density at radius 2 is 1.88 bits per heavy atom. The molecule has 0 aliphatic carbocycles. The third-order valence-electron chi connectivity index (χ3n) is 5.90. The Bertz CT molecular complexity index is 689. The van der Waals surface area contributed by atoms with Crippen molar-refractivity contribution in [3.8, 4) is 0 Å². The number of rotatable bonds is 4. The van der Waals surface area contributed by atoms with E-state index in [1.807, 2.05) is 57.8 Å². The number of fused-ring (bicyclic) bond motifs is 1. The first kappa shape index (κ1) is 19.2. The van der Waals surface area contributed by atoms with E-state index in [-0.39, 0.29) is 18.6 Å².